The predicted molar refractivity (Wildman–Crippen MR) is 70.5 cm³/mol. The molecule has 1 aromatic carbocycles. The molecule has 0 fully saturated rings. The second-order valence-electron chi connectivity index (χ2n) is 4.60. The Kier molecular flexibility index (Phi) is 5.45. The number of hydrogen-bond donors (Lipinski definition) is 2. The number of aliphatic hydroxyl groups excluding tert-OH is 1. The first kappa shape index (κ1) is 14.0. The van der Waals surface area contributed by atoms with Gasteiger partial charge in [0.2, 0.25) is 0 Å². The molecule has 1 unspecified atom stereocenters. The molecular formula is C14H23NO2. The second kappa shape index (κ2) is 6.62. The van der Waals surface area contributed by atoms with Crippen LogP contribution < -0.4 is 10.1 Å². The topological polar surface area (TPSA) is 41.5 Å². The lowest BCUT2D eigenvalue weighted by molar-refractivity contribution is 0.171. The Balaban J connectivity index is 2.40. The van der Waals surface area contributed by atoms with Crippen LogP contribution >= 0.6 is 0 Å². The van der Waals surface area contributed by atoms with Gasteiger partial charge in [-0.25, -0.2) is 0 Å². The number of methoxy groups -OCH3 is 1. The molecule has 0 spiro atoms. The minimum atomic E-state index is -0.160. The zero-order valence-corrected chi connectivity index (χ0v) is 11.0. The van der Waals surface area contributed by atoms with Crippen molar-refractivity contribution < 1.29 is 9.84 Å². The van der Waals surface area contributed by atoms with Crippen molar-refractivity contribution in [2.24, 2.45) is 0 Å². The summed E-state index contributed by atoms with van der Waals surface area (Å²) >= 11 is 0. The fraction of sp³-hybridized carbons (Fsp3) is 0.571. The summed E-state index contributed by atoms with van der Waals surface area (Å²) < 4.78 is 5.11. The fourth-order valence-corrected chi connectivity index (χ4v) is 1.59. The number of benzene rings is 1. The van der Waals surface area contributed by atoms with Crippen molar-refractivity contribution in [3.63, 3.8) is 0 Å². The average Bonchev–Trinajstić information content (AvgIpc) is 2.39. The Bertz CT molecular complexity index is 317. The van der Waals surface area contributed by atoms with E-state index in [0.29, 0.717) is 0 Å². The van der Waals surface area contributed by atoms with Gasteiger partial charge in [-0.2, -0.15) is 0 Å². The summed E-state index contributed by atoms with van der Waals surface area (Å²) in [6.07, 6.45) is 1.88. The van der Waals surface area contributed by atoms with E-state index in [2.05, 4.69) is 24.4 Å². The number of rotatable bonds is 7. The van der Waals surface area contributed by atoms with Crippen LogP contribution in [0, 0.1) is 0 Å². The maximum atomic E-state index is 9.27. The van der Waals surface area contributed by atoms with Crippen LogP contribution in [0.3, 0.4) is 0 Å². The van der Waals surface area contributed by atoms with E-state index in [1.807, 2.05) is 19.1 Å². The van der Waals surface area contributed by atoms with Crippen molar-refractivity contribution in [1.82, 2.24) is 5.32 Å². The largest absolute Gasteiger partial charge is 0.497 e. The van der Waals surface area contributed by atoms with Gasteiger partial charge in [0.05, 0.1) is 13.7 Å². The van der Waals surface area contributed by atoms with E-state index in [4.69, 9.17) is 4.74 Å². The Labute approximate surface area is 104 Å². The molecule has 0 amide bonds. The molecule has 2 N–H and O–H groups in total. The minimum Gasteiger partial charge on any atom is -0.497 e. The molecule has 3 nitrogen and oxygen atoms in total. The molecule has 1 atom stereocenters. The van der Waals surface area contributed by atoms with Gasteiger partial charge in [-0.3, -0.25) is 0 Å². The average molecular weight is 237 g/mol. The third kappa shape index (κ3) is 4.36. The molecule has 1 rings (SSSR count). The van der Waals surface area contributed by atoms with Crippen molar-refractivity contribution in [3.05, 3.63) is 29.8 Å². The van der Waals surface area contributed by atoms with Gasteiger partial charge in [0.1, 0.15) is 5.75 Å². The maximum absolute atomic E-state index is 9.27. The Morgan fingerprint density at radius 3 is 2.41 bits per heavy atom. The molecule has 0 aliphatic heterocycles. The summed E-state index contributed by atoms with van der Waals surface area (Å²) in [6.45, 7) is 5.17. The van der Waals surface area contributed by atoms with Crippen LogP contribution in [0.1, 0.15) is 25.8 Å². The quantitative estimate of drug-likeness (QED) is 0.762. The third-order valence-electron chi connectivity index (χ3n) is 3.25. The molecule has 0 heterocycles. The van der Waals surface area contributed by atoms with Crippen molar-refractivity contribution in [3.8, 4) is 5.75 Å². The van der Waals surface area contributed by atoms with Crippen LogP contribution in [0.4, 0.5) is 0 Å². The van der Waals surface area contributed by atoms with Gasteiger partial charge in [0, 0.05) is 5.54 Å². The molecule has 1 aromatic rings. The summed E-state index contributed by atoms with van der Waals surface area (Å²) in [5, 5.41) is 12.7. The standard InChI is InChI=1S/C14H23NO2/c1-4-14(2,11-16)15-10-9-12-5-7-13(17-3)8-6-12/h5-8,15-16H,4,9-11H2,1-3H3. The van der Waals surface area contributed by atoms with Gasteiger partial charge in [-0.15, -0.1) is 0 Å². The van der Waals surface area contributed by atoms with Crippen molar-refractivity contribution in [2.75, 3.05) is 20.3 Å². The summed E-state index contributed by atoms with van der Waals surface area (Å²) in [4.78, 5) is 0. The molecule has 0 saturated heterocycles. The summed E-state index contributed by atoms with van der Waals surface area (Å²) in [5.74, 6) is 0.885. The van der Waals surface area contributed by atoms with E-state index in [1.54, 1.807) is 7.11 Å². The number of aliphatic hydroxyl groups is 1. The first-order chi connectivity index (χ1) is 8.13. The molecule has 0 radical (unpaired) electrons. The van der Waals surface area contributed by atoms with Crippen LogP contribution in [-0.2, 0) is 6.42 Å². The molecule has 17 heavy (non-hydrogen) atoms. The Hall–Kier alpha value is -1.06. The molecule has 3 heteroatoms. The lowest BCUT2D eigenvalue weighted by atomic mass is 10.00. The van der Waals surface area contributed by atoms with Gasteiger partial charge < -0.3 is 15.2 Å². The highest BCUT2D eigenvalue weighted by molar-refractivity contribution is 5.27. The summed E-state index contributed by atoms with van der Waals surface area (Å²) in [7, 11) is 1.67. The van der Waals surface area contributed by atoms with Gasteiger partial charge in [0.25, 0.3) is 0 Å². The van der Waals surface area contributed by atoms with Crippen LogP contribution in [0.15, 0.2) is 24.3 Å². The minimum absolute atomic E-state index is 0.160. The Morgan fingerprint density at radius 1 is 1.29 bits per heavy atom. The van der Waals surface area contributed by atoms with E-state index in [-0.39, 0.29) is 12.1 Å². The number of hydrogen-bond acceptors (Lipinski definition) is 3. The number of ether oxygens (including phenoxy) is 1. The van der Waals surface area contributed by atoms with E-state index >= 15 is 0 Å². The van der Waals surface area contributed by atoms with Crippen LogP contribution in [0.25, 0.3) is 0 Å². The van der Waals surface area contributed by atoms with E-state index in [1.165, 1.54) is 5.56 Å². The van der Waals surface area contributed by atoms with Gasteiger partial charge >= 0.3 is 0 Å². The molecule has 0 saturated carbocycles. The summed E-state index contributed by atoms with van der Waals surface area (Å²) in [5.41, 5.74) is 1.11. The highest BCUT2D eigenvalue weighted by Gasteiger charge is 2.18. The predicted octanol–water partition coefficient (Wildman–Crippen LogP) is 1.99. The van der Waals surface area contributed by atoms with Crippen molar-refractivity contribution in [1.29, 1.82) is 0 Å². The molecule has 0 aliphatic carbocycles. The molecule has 0 aromatic heterocycles. The zero-order valence-electron chi connectivity index (χ0n) is 11.0. The van der Waals surface area contributed by atoms with Crippen molar-refractivity contribution >= 4 is 0 Å². The second-order valence-corrected chi connectivity index (χ2v) is 4.60. The first-order valence-corrected chi connectivity index (χ1v) is 6.12. The normalized spacial score (nSPS) is 14.4. The monoisotopic (exact) mass is 237 g/mol. The first-order valence-electron chi connectivity index (χ1n) is 6.12. The maximum Gasteiger partial charge on any atom is 0.118 e. The van der Waals surface area contributed by atoms with Crippen molar-refractivity contribution in [2.45, 2.75) is 32.2 Å². The lowest BCUT2D eigenvalue weighted by Crippen LogP contribution is -2.45. The van der Waals surface area contributed by atoms with Gasteiger partial charge in [-0.05, 0) is 44.0 Å². The molecule has 0 aliphatic rings. The van der Waals surface area contributed by atoms with Crippen LogP contribution in [0.5, 0.6) is 5.75 Å². The fourth-order valence-electron chi connectivity index (χ4n) is 1.59. The van der Waals surface area contributed by atoms with E-state index < -0.39 is 0 Å². The van der Waals surface area contributed by atoms with Gasteiger partial charge in [0.15, 0.2) is 0 Å². The lowest BCUT2D eigenvalue weighted by Gasteiger charge is -2.27. The van der Waals surface area contributed by atoms with Crippen LogP contribution in [0.2, 0.25) is 0 Å². The SMILES string of the molecule is CCC(C)(CO)NCCc1ccc(OC)cc1. The summed E-state index contributed by atoms with van der Waals surface area (Å²) in [6, 6.07) is 8.09. The van der Waals surface area contributed by atoms with E-state index in [9.17, 15) is 5.11 Å². The number of nitrogens with one attached hydrogen (secondary N) is 1. The van der Waals surface area contributed by atoms with Gasteiger partial charge in [-0.1, -0.05) is 19.1 Å². The van der Waals surface area contributed by atoms with Crippen LogP contribution in [-0.4, -0.2) is 30.9 Å². The molecular weight excluding hydrogens is 214 g/mol. The van der Waals surface area contributed by atoms with E-state index in [0.717, 1.165) is 25.1 Å². The highest BCUT2D eigenvalue weighted by atomic mass is 16.5. The Morgan fingerprint density at radius 2 is 1.94 bits per heavy atom. The molecule has 96 valence electrons. The highest BCUT2D eigenvalue weighted by Crippen LogP contribution is 2.12. The zero-order chi connectivity index (χ0) is 12.7. The smallest absolute Gasteiger partial charge is 0.118 e. The molecule has 0 bridgehead atoms. The third-order valence-corrected chi connectivity index (χ3v) is 3.25.